The Morgan fingerprint density at radius 1 is 0.812 bits per heavy atom. The van der Waals surface area contributed by atoms with E-state index in [1.54, 1.807) is 7.11 Å². The van der Waals surface area contributed by atoms with Gasteiger partial charge in [0.25, 0.3) is 8.32 Å². The van der Waals surface area contributed by atoms with E-state index in [2.05, 4.69) is 67.5 Å². The maximum absolute atomic E-state index is 11.2. The second-order valence-corrected chi connectivity index (χ2v) is 15.2. The molecule has 0 aliphatic carbocycles. The molecule has 0 aromatic heterocycles. The minimum atomic E-state index is -2.03. The first-order valence-electron chi connectivity index (χ1n) is 11.7. The summed E-state index contributed by atoms with van der Waals surface area (Å²) in [6.45, 7) is 20.1. The van der Waals surface area contributed by atoms with Crippen molar-refractivity contribution in [1.82, 2.24) is 0 Å². The number of hydrogen-bond acceptors (Lipinski definition) is 4. The molecule has 0 fully saturated rings. The molecule has 0 spiro atoms. The van der Waals surface area contributed by atoms with Gasteiger partial charge in [0.05, 0.1) is 0 Å². The minimum absolute atomic E-state index is 0.205. The zero-order valence-electron chi connectivity index (χ0n) is 21.6. The summed E-state index contributed by atoms with van der Waals surface area (Å²) in [7, 11) is -0.435. The molecule has 1 unspecified atom stereocenters. The maximum Gasteiger partial charge on any atom is 0.258 e. The van der Waals surface area contributed by atoms with Gasteiger partial charge in [0.1, 0.15) is 17.6 Å². The summed E-state index contributed by atoms with van der Waals surface area (Å²) in [5.74, 6) is 1.69. The van der Waals surface area contributed by atoms with Crippen molar-refractivity contribution in [2.75, 3.05) is 13.9 Å². The molecule has 1 N–H and O–H groups in total. The number of ether oxygens (including phenoxy) is 2. The Morgan fingerprint density at radius 3 is 1.78 bits per heavy atom. The van der Waals surface area contributed by atoms with E-state index >= 15 is 0 Å². The molecule has 0 aliphatic heterocycles. The molecular formula is C27H42O4Si. The second kappa shape index (κ2) is 10.9. The monoisotopic (exact) mass is 458 g/mol. The van der Waals surface area contributed by atoms with Crippen LogP contribution in [0.1, 0.15) is 75.5 Å². The Balaban J connectivity index is 2.40. The van der Waals surface area contributed by atoms with Gasteiger partial charge in [-0.1, -0.05) is 47.6 Å². The Labute approximate surface area is 196 Å². The predicted molar refractivity (Wildman–Crippen MR) is 135 cm³/mol. The summed E-state index contributed by atoms with van der Waals surface area (Å²) in [6, 6.07) is 9.99. The van der Waals surface area contributed by atoms with Crippen LogP contribution in [0, 0.1) is 20.8 Å². The number of aliphatic hydroxyl groups excluding tert-OH is 1. The topological polar surface area (TPSA) is 47.9 Å². The smallest absolute Gasteiger partial charge is 0.258 e. The highest BCUT2D eigenvalue weighted by atomic mass is 28.4. The lowest BCUT2D eigenvalue weighted by molar-refractivity contribution is 0.0506. The van der Waals surface area contributed by atoms with Crippen LogP contribution in [0.3, 0.4) is 0 Å². The molecule has 0 saturated carbocycles. The predicted octanol–water partition coefficient (Wildman–Crippen LogP) is 7.23. The fourth-order valence-electron chi connectivity index (χ4n) is 5.28. The van der Waals surface area contributed by atoms with Crippen molar-refractivity contribution in [2.24, 2.45) is 0 Å². The molecule has 2 aromatic rings. The van der Waals surface area contributed by atoms with Crippen LogP contribution in [0.15, 0.2) is 30.3 Å². The largest absolute Gasteiger partial charge is 0.543 e. The average molecular weight is 459 g/mol. The molecule has 0 bridgehead atoms. The molecule has 5 heteroatoms. The molecule has 178 valence electrons. The van der Waals surface area contributed by atoms with Crippen molar-refractivity contribution >= 4 is 8.32 Å². The number of benzene rings is 2. The van der Waals surface area contributed by atoms with Crippen molar-refractivity contribution in [2.45, 2.75) is 85.0 Å². The van der Waals surface area contributed by atoms with Crippen LogP contribution in [0.5, 0.6) is 11.5 Å². The molecule has 0 aliphatic rings. The fourth-order valence-corrected chi connectivity index (χ4v) is 10.5. The zero-order chi connectivity index (χ0) is 24.2. The van der Waals surface area contributed by atoms with E-state index < -0.39 is 14.4 Å². The Hall–Kier alpha value is -1.82. The van der Waals surface area contributed by atoms with Gasteiger partial charge in [-0.05, 0) is 89.5 Å². The number of hydrogen-bond donors (Lipinski definition) is 1. The van der Waals surface area contributed by atoms with Crippen LogP contribution in [0.4, 0.5) is 0 Å². The third-order valence-corrected chi connectivity index (χ3v) is 12.7. The molecule has 2 aromatic carbocycles. The first-order valence-corrected chi connectivity index (χ1v) is 13.8. The van der Waals surface area contributed by atoms with Crippen molar-refractivity contribution < 1.29 is 19.0 Å². The molecule has 0 radical (unpaired) electrons. The van der Waals surface area contributed by atoms with Crippen LogP contribution < -0.4 is 9.16 Å². The lowest BCUT2D eigenvalue weighted by atomic mass is 9.92. The fraction of sp³-hybridized carbons (Fsp3) is 0.556. The summed E-state index contributed by atoms with van der Waals surface area (Å²) in [5.41, 5.74) is 6.37. The molecule has 4 nitrogen and oxygen atoms in total. The Morgan fingerprint density at radius 2 is 1.34 bits per heavy atom. The summed E-state index contributed by atoms with van der Waals surface area (Å²) in [4.78, 5) is 0. The third-order valence-electron chi connectivity index (χ3n) is 6.69. The highest BCUT2D eigenvalue weighted by molar-refractivity contribution is 6.78. The standard InChI is InChI=1S/C27H42O4Si/c1-17(2)32(18(3)4,19(5)6)31-24-14-21(8)26(22(9)15-24)27(28)23-11-12-25(20(7)13-23)30-16-29-10/h11-15,17-19,27-28H,16H2,1-10H3. The van der Waals surface area contributed by atoms with Gasteiger partial charge >= 0.3 is 0 Å². The number of aryl methyl sites for hydroxylation is 3. The van der Waals surface area contributed by atoms with Gasteiger partial charge < -0.3 is 19.0 Å². The SMILES string of the molecule is COCOc1ccc(C(O)c2c(C)cc(O[Si](C(C)C)(C(C)C)C(C)C)cc2C)cc1C. The Bertz CT molecular complexity index is 860. The molecule has 2 rings (SSSR count). The second-order valence-electron chi connectivity index (χ2n) is 9.87. The van der Waals surface area contributed by atoms with Crippen molar-refractivity contribution in [3.63, 3.8) is 0 Å². The normalized spacial score (nSPS) is 13.2. The molecule has 32 heavy (non-hydrogen) atoms. The number of methoxy groups -OCH3 is 1. The molecule has 0 heterocycles. The quantitative estimate of drug-likeness (QED) is 0.301. The zero-order valence-corrected chi connectivity index (χ0v) is 22.6. The summed E-state index contributed by atoms with van der Waals surface area (Å²) in [5, 5.41) is 11.2. The molecule has 0 saturated heterocycles. The van der Waals surface area contributed by atoms with E-state index in [1.165, 1.54) is 0 Å². The summed E-state index contributed by atoms with van der Waals surface area (Å²) in [6.07, 6.45) is -0.707. The summed E-state index contributed by atoms with van der Waals surface area (Å²) < 4.78 is 17.5. The van der Waals surface area contributed by atoms with Gasteiger partial charge in [-0.3, -0.25) is 0 Å². The van der Waals surface area contributed by atoms with Gasteiger partial charge in [0.15, 0.2) is 6.79 Å². The van der Waals surface area contributed by atoms with Gasteiger partial charge in [-0.25, -0.2) is 0 Å². The van der Waals surface area contributed by atoms with E-state index in [0.29, 0.717) is 16.6 Å². The van der Waals surface area contributed by atoms with E-state index in [1.807, 2.05) is 25.1 Å². The Kier molecular flexibility index (Phi) is 8.97. The highest BCUT2D eigenvalue weighted by Gasteiger charge is 2.47. The van der Waals surface area contributed by atoms with Gasteiger partial charge in [-0.2, -0.15) is 0 Å². The average Bonchev–Trinajstić information content (AvgIpc) is 2.69. The van der Waals surface area contributed by atoms with E-state index in [9.17, 15) is 5.11 Å². The highest BCUT2D eigenvalue weighted by Crippen LogP contribution is 2.43. The van der Waals surface area contributed by atoms with Gasteiger partial charge in [0, 0.05) is 7.11 Å². The van der Waals surface area contributed by atoms with E-state index in [-0.39, 0.29) is 6.79 Å². The molecular weight excluding hydrogens is 416 g/mol. The van der Waals surface area contributed by atoms with E-state index in [0.717, 1.165) is 39.3 Å². The van der Waals surface area contributed by atoms with Crippen LogP contribution >= 0.6 is 0 Å². The lowest BCUT2D eigenvalue weighted by Gasteiger charge is -2.42. The first-order chi connectivity index (χ1) is 14.9. The van der Waals surface area contributed by atoms with Crippen molar-refractivity contribution in [1.29, 1.82) is 0 Å². The van der Waals surface area contributed by atoms with E-state index in [4.69, 9.17) is 13.9 Å². The molecule has 1 atom stereocenters. The summed E-state index contributed by atoms with van der Waals surface area (Å²) >= 11 is 0. The van der Waals surface area contributed by atoms with Gasteiger partial charge in [0.2, 0.25) is 0 Å². The van der Waals surface area contributed by atoms with Crippen LogP contribution in [-0.2, 0) is 4.74 Å². The van der Waals surface area contributed by atoms with Crippen LogP contribution in [0.25, 0.3) is 0 Å². The maximum atomic E-state index is 11.2. The van der Waals surface area contributed by atoms with Gasteiger partial charge in [-0.15, -0.1) is 0 Å². The van der Waals surface area contributed by atoms with Crippen LogP contribution in [-0.4, -0.2) is 27.3 Å². The first kappa shape index (κ1) is 26.4. The van der Waals surface area contributed by atoms with Crippen LogP contribution in [0.2, 0.25) is 16.6 Å². The minimum Gasteiger partial charge on any atom is -0.543 e. The lowest BCUT2D eigenvalue weighted by Crippen LogP contribution is -2.50. The third kappa shape index (κ3) is 5.38. The number of rotatable bonds is 10. The van der Waals surface area contributed by atoms with Crippen molar-refractivity contribution in [3.05, 3.63) is 58.1 Å². The van der Waals surface area contributed by atoms with Crippen molar-refractivity contribution in [3.8, 4) is 11.5 Å². The number of aliphatic hydroxyl groups is 1. The molecule has 0 amide bonds.